The molecular weight excluding hydrogens is 200 g/mol. The third-order valence-electron chi connectivity index (χ3n) is 3.16. The SMILES string of the molecule is Cc1ccc(C(=O)NC2CC(C)C2)c(N)c1. The number of amides is 1. The number of benzene rings is 1. The number of nitrogens with one attached hydrogen (secondary N) is 1. The first-order chi connectivity index (χ1) is 7.56. The minimum atomic E-state index is -0.0469. The van der Waals surface area contributed by atoms with Crippen LogP contribution >= 0.6 is 0 Å². The van der Waals surface area contributed by atoms with E-state index in [0.717, 1.165) is 24.3 Å². The Labute approximate surface area is 96.0 Å². The molecule has 0 saturated heterocycles. The topological polar surface area (TPSA) is 55.1 Å². The summed E-state index contributed by atoms with van der Waals surface area (Å²) in [5, 5.41) is 3.00. The minimum absolute atomic E-state index is 0.0469. The lowest BCUT2D eigenvalue weighted by molar-refractivity contribution is 0.0897. The van der Waals surface area contributed by atoms with Gasteiger partial charge in [0, 0.05) is 11.7 Å². The normalized spacial score (nSPS) is 23.6. The summed E-state index contributed by atoms with van der Waals surface area (Å²) in [6, 6.07) is 5.87. The van der Waals surface area contributed by atoms with Crippen molar-refractivity contribution < 1.29 is 4.79 Å². The molecule has 0 atom stereocenters. The van der Waals surface area contributed by atoms with Gasteiger partial charge in [0.25, 0.3) is 5.91 Å². The third kappa shape index (κ3) is 2.18. The fourth-order valence-corrected chi connectivity index (χ4v) is 2.17. The van der Waals surface area contributed by atoms with Crippen molar-refractivity contribution in [2.75, 3.05) is 5.73 Å². The molecule has 1 aliphatic carbocycles. The molecule has 1 amide bonds. The van der Waals surface area contributed by atoms with E-state index in [1.165, 1.54) is 0 Å². The molecule has 0 aliphatic heterocycles. The quantitative estimate of drug-likeness (QED) is 0.747. The molecule has 1 fully saturated rings. The smallest absolute Gasteiger partial charge is 0.253 e. The summed E-state index contributed by atoms with van der Waals surface area (Å²) in [6.07, 6.45) is 2.16. The molecule has 0 unspecified atom stereocenters. The lowest BCUT2D eigenvalue weighted by atomic mass is 9.82. The average Bonchev–Trinajstić information content (AvgIpc) is 2.15. The van der Waals surface area contributed by atoms with E-state index in [1.807, 2.05) is 19.1 Å². The summed E-state index contributed by atoms with van der Waals surface area (Å²) in [5.41, 5.74) is 8.05. The van der Waals surface area contributed by atoms with Crippen molar-refractivity contribution in [3.63, 3.8) is 0 Å². The van der Waals surface area contributed by atoms with Crippen LogP contribution in [-0.4, -0.2) is 11.9 Å². The van der Waals surface area contributed by atoms with Gasteiger partial charge in [-0.3, -0.25) is 4.79 Å². The Hall–Kier alpha value is -1.51. The highest BCUT2D eigenvalue weighted by Gasteiger charge is 2.27. The van der Waals surface area contributed by atoms with Crippen LogP contribution in [0.25, 0.3) is 0 Å². The largest absolute Gasteiger partial charge is 0.398 e. The predicted molar refractivity (Wildman–Crippen MR) is 65.2 cm³/mol. The Balaban J connectivity index is 2.03. The van der Waals surface area contributed by atoms with E-state index in [-0.39, 0.29) is 5.91 Å². The first-order valence-corrected chi connectivity index (χ1v) is 5.73. The van der Waals surface area contributed by atoms with E-state index in [2.05, 4.69) is 12.2 Å². The zero-order chi connectivity index (χ0) is 11.7. The van der Waals surface area contributed by atoms with Crippen LogP contribution in [0.3, 0.4) is 0 Å². The first kappa shape index (κ1) is 11.0. The Morgan fingerprint density at radius 3 is 2.69 bits per heavy atom. The van der Waals surface area contributed by atoms with Crippen LogP contribution in [-0.2, 0) is 0 Å². The fourth-order valence-electron chi connectivity index (χ4n) is 2.17. The van der Waals surface area contributed by atoms with Gasteiger partial charge in [0.2, 0.25) is 0 Å². The Morgan fingerprint density at radius 2 is 2.12 bits per heavy atom. The second-order valence-corrected chi connectivity index (χ2v) is 4.84. The van der Waals surface area contributed by atoms with E-state index in [9.17, 15) is 4.79 Å². The molecule has 0 bridgehead atoms. The summed E-state index contributed by atoms with van der Waals surface area (Å²) in [4.78, 5) is 11.9. The molecule has 0 heterocycles. The van der Waals surface area contributed by atoms with Crippen molar-refractivity contribution in [3.8, 4) is 0 Å². The molecule has 1 aromatic carbocycles. The second kappa shape index (κ2) is 4.16. The highest BCUT2D eigenvalue weighted by molar-refractivity contribution is 5.99. The minimum Gasteiger partial charge on any atom is -0.398 e. The van der Waals surface area contributed by atoms with Gasteiger partial charge >= 0.3 is 0 Å². The zero-order valence-electron chi connectivity index (χ0n) is 9.79. The van der Waals surface area contributed by atoms with Crippen molar-refractivity contribution in [1.29, 1.82) is 0 Å². The first-order valence-electron chi connectivity index (χ1n) is 5.73. The average molecular weight is 218 g/mol. The van der Waals surface area contributed by atoms with Crippen molar-refractivity contribution in [1.82, 2.24) is 5.32 Å². The predicted octanol–water partition coefficient (Wildman–Crippen LogP) is 2.11. The zero-order valence-corrected chi connectivity index (χ0v) is 9.79. The van der Waals surface area contributed by atoms with Gasteiger partial charge in [-0.25, -0.2) is 0 Å². The van der Waals surface area contributed by atoms with Crippen LogP contribution in [0.5, 0.6) is 0 Å². The van der Waals surface area contributed by atoms with Crippen molar-refractivity contribution in [2.45, 2.75) is 32.7 Å². The van der Waals surface area contributed by atoms with Crippen molar-refractivity contribution >= 4 is 11.6 Å². The number of hydrogen-bond acceptors (Lipinski definition) is 2. The Bertz CT molecular complexity index is 408. The number of hydrogen-bond donors (Lipinski definition) is 2. The summed E-state index contributed by atoms with van der Waals surface area (Å²) in [6.45, 7) is 4.16. The summed E-state index contributed by atoms with van der Waals surface area (Å²) < 4.78 is 0. The van der Waals surface area contributed by atoms with Crippen LogP contribution in [0.2, 0.25) is 0 Å². The third-order valence-corrected chi connectivity index (χ3v) is 3.16. The van der Waals surface area contributed by atoms with Crippen molar-refractivity contribution in [3.05, 3.63) is 29.3 Å². The highest BCUT2D eigenvalue weighted by atomic mass is 16.1. The van der Waals surface area contributed by atoms with Gasteiger partial charge in [-0.15, -0.1) is 0 Å². The maximum Gasteiger partial charge on any atom is 0.253 e. The molecule has 3 N–H and O–H groups in total. The number of nitrogens with two attached hydrogens (primary N) is 1. The molecule has 3 heteroatoms. The fraction of sp³-hybridized carbons (Fsp3) is 0.462. The van der Waals surface area contributed by atoms with Gasteiger partial charge in [-0.1, -0.05) is 13.0 Å². The van der Waals surface area contributed by atoms with Crippen LogP contribution in [0.15, 0.2) is 18.2 Å². The molecule has 16 heavy (non-hydrogen) atoms. The Morgan fingerprint density at radius 1 is 1.44 bits per heavy atom. The molecule has 1 saturated carbocycles. The molecule has 86 valence electrons. The summed E-state index contributed by atoms with van der Waals surface area (Å²) in [7, 11) is 0. The summed E-state index contributed by atoms with van der Waals surface area (Å²) in [5.74, 6) is 0.690. The van der Waals surface area contributed by atoms with E-state index >= 15 is 0 Å². The molecule has 2 rings (SSSR count). The standard InChI is InChI=1S/C13H18N2O/c1-8-3-4-11(12(14)7-8)13(16)15-10-5-9(2)6-10/h3-4,7,9-10H,5-6,14H2,1-2H3,(H,15,16). The maximum absolute atomic E-state index is 11.9. The van der Waals surface area contributed by atoms with E-state index in [1.54, 1.807) is 6.07 Å². The van der Waals surface area contributed by atoms with Crippen LogP contribution in [0.1, 0.15) is 35.7 Å². The number of rotatable bonds is 2. The van der Waals surface area contributed by atoms with Crippen LogP contribution in [0, 0.1) is 12.8 Å². The number of carbonyl (C=O) groups excluding carboxylic acids is 1. The molecular formula is C13H18N2O. The van der Waals surface area contributed by atoms with Crippen LogP contribution in [0.4, 0.5) is 5.69 Å². The number of carbonyl (C=O) groups is 1. The molecule has 0 spiro atoms. The van der Waals surface area contributed by atoms with E-state index in [4.69, 9.17) is 5.73 Å². The van der Waals surface area contributed by atoms with Crippen molar-refractivity contribution in [2.24, 2.45) is 5.92 Å². The monoisotopic (exact) mass is 218 g/mol. The highest BCUT2D eigenvalue weighted by Crippen LogP contribution is 2.26. The van der Waals surface area contributed by atoms with Gasteiger partial charge in [0.1, 0.15) is 0 Å². The lowest BCUT2D eigenvalue weighted by Crippen LogP contribution is -2.43. The van der Waals surface area contributed by atoms with Gasteiger partial charge in [0.05, 0.1) is 5.56 Å². The molecule has 1 aromatic rings. The molecule has 1 aliphatic rings. The van der Waals surface area contributed by atoms with Crippen LogP contribution < -0.4 is 11.1 Å². The number of nitrogen functional groups attached to an aromatic ring is 1. The molecule has 0 radical (unpaired) electrons. The molecule has 0 aromatic heterocycles. The van der Waals surface area contributed by atoms with Gasteiger partial charge in [-0.05, 0) is 43.4 Å². The molecule has 3 nitrogen and oxygen atoms in total. The Kier molecular flexibility index (Phi) is 2.86. The maximum atomic E-state index is 11.9. The van der Waals surface area contributed by atoms with E-state index in [0.29, 0.717) is 17.3 Å². The lowest BCUT2D eigenvalue weighted by Gasteiger charge is -2.33. The number of aryl methyl sites for hydroxylation is 1. The van der Waals surface area contributed by atoms with E-state index < -0.39 is 0 Å². The number of anilines is 1. The van der Waals surface area contributed by atoms with Gasteiger partial charge < -0.3 is 11.1 Å². The summed E-state index contributed by atoms with van der Waals surface area (Å²) >= 11 is 0. The second-order valence-electron chi connectivity index (χ2n) is 4.84. The van der Waals surface area contributed by atoms with Gasteiger partial charge in [0.15, 0.2) is 0 Å². The van der Waals surface area contributed by atoms with Gasteiger partial charge in [-0.2, -0.15) is 0 Å².